The molecule has 0 saturated heterocycles. The number of unbranched alkanes of at least 4 members (excludes halogenated alkanes) is 1. The van der Waals surface area contributed by atoms with E-state index in [-0.39, 0.29) is 23.7 Å². The van der Waals surface area contributed by atoms with E-state index in [9.17, 15) is 4.79 Å². The summed E-state index contributed by atoms with van der Waals surface area (Å²) in [6.45, 7) is 10.5. The Morgan fingerprint density at radius 2 is 1.33 bits per heavy atom. The second-order valence-electron chi connectivity index (χ2n) is 7.95. The van der Waals surface area contributed by atoms with Crippen LogP contribution in [0.5, 0.6) is 0 Å². The van der Waals surface area contributed by atoms with Crippen molar-refractivity contribution in [1.29, 1.82) is 0 Å². The molecule has 0 fully saturated rings. The molecular formula is C28H36O2. The predicted molar refractivity (Wildman–Crippen MR) is 127 cm³/mol. The Balaban J connectivity index is 2.24. The first-order valence-electron chi connectivity index (χ1n) is 11.2. The second kappa shape index (κ2) is 13.6. The fourth-order valence-corrected chi connectivity index (χ4v) is 4.00. The zero-order chi connectivity index (χ0) is 21.6. The van der Waals surface area contributed by atoms with E-state index in [1.54, 1.807) is 0 Å². The number of esters is 1. The molecule has 2 aromatic carbocycles. The van der Waals surface area contributed by atoms with Crippen molar-refractivity contribution in [3.8, 4) is 0 Å². The molecule has 2 nitrogen and oxygen atoms in total. The van der Waals surface area contributed by atoms with Crippen LogP contribution in [0, 0.1) is 5.92 Å². The lowest BCUT2D eigenvalue weighted by Gasteiger charge is -2.26. The van der Waals surface area contributed by atoms with Gasteiger partial charge >= 0.3 is 5.97 Å². The minimum absolute atomic E-state index is 0.0709. The van der Waals surface area contributed by atoms with Gasteiger partial charge in [-0.3, -0.25) is 4.79 Å². The number of ether oxygens (including phenoxy) is 1. The molecule has 0 spiro atoms. The fraction of sp³-hybridized carbons (Fsp3) is 0.393. The van der Waals surface area contributed by atoms with Crippen LogP contribution in [0.4, 0.5) is 0 Å². The fourth-order valence-electron chi connectivity index (χ4n) is 4.00. The van der Waals surface area contributed by atoms with E-state index >= 15 is 0 Å². The van der Waals surface area contributed by atoms with Crippen molar-refractivity contribution in [3.63, 3.8) is 0 Å². The molecule has 0 amide bonds. The third kappa shape index (κ3) is 7.67. The van der Waals surface area contributed by atoms with Gasteiger partial charge in [-0.15, -0.1) is 13.2 Å². The number of carbonyl (C=O) groups excluding carboxylic acids is 1. The maximum Gasteiger partial charge on any atom is 0.308 e. The van der Waals surface area contributed by atoms with E-state index in [0.717, 1.165) is 38.5 Å². The van der Waals surface area contributed by atoms with Crippen LogP contribution in [-0.2, 0) is 9.53 Å². The molecule has 0 aliphatic heterocycles. The average Bonchev–Trinajstić information content (AvgIpc) is 2.79. The SMILES string of the molecule is C=CCC(CC(CC(CC=C)c1ccccc1)C(=O)OCCCC)c1ccccc1. The van der Waals surface area contributed by atoms with Crippen LogP contribution < -0.4 is 0 Å². The maximum absolute atomic E-state index is 13.1. The summed E-state index contributed by atoms with van der Waals surface area (Å²) in [5, 5.41) is 0. The largest absolute Gasteiger partial charge is 0.465 e. The van der Waals surface area contributed by atoms with Crippen molar-refractivity contribution in [1.82, 2.24) is 0 Å². The van der Waals surface area contributed by atoms with Crippen LogP contribution in [0.25, 0.3) is 0 Å². The Labute approximate surface area is 182 Å². The monoisotopic (exact) mass is 404 g/mol. The van der Waals surface area contributed by atoms with Gasteiger partial charge in [0.05, 0.1) is 12.5 Å². The molecule has 0 aliphatic rings. The van der Waals surface area contributed by atoms with Crippen molar-refractivity contribution in [2.75, 3.05) is 6.61 Å². The molecule has 2 aromatic rings. The molecule has 0 radical (unpaired) electrons. The third-order valence-electron chi connectivity index (χ3n) is 5.66. The van der Waals surface area contributed by atoms with Crippen LogP contribution in [0.2, 0.25) is 0 Å². The molecule has 0 aromatic heterocycles. The van der Waals surface area contributed by atoms with Crippen molar-refractivity contribution >= 4 is 5.97 Å². The normalized spacial score (nSPS) is 13.8. The van der Waals surface area contributed by atoms with Gasteiger partial charge in [-0.25, -0.2) is 0 Å². The number of allylic oxidation sites excluding steroid dienone is 2. The second-order valence-corrected chi connectivity index (χ2v) is 7.95. The molecule has 0 heterocycles. The van der Waals surface area contributed by atoms with Gasteiger partial charge in [0, 0.05) is 0 Å². The first-order chi connectivity index (χ1) is 14.7. The topological polar surface area (TPSA) is 26.3 Å². The molecule has 0 saturated carbocycles. The van der Waals surface area contributed by atoms with Gasteiger partial charge in [0.1, 0.15) is 0 Å². The summed E-state index contributed by atoms with van der Waals surface area (Å²) < 4.78 is 5.68. The Morgan fingerprint density at radius 3 is 1.73 bits per heavy atom. The predicted octanol–water partition coefficient (Wildman–Crippen LogP) is 7.45. The van der Waals surface area contributed by atoms with Crippen LogP contribution in [-0.4, -0.2) is 12.6 Å². The van der Waals surface area contributed by atoms with Crippen molar-refractivity contribution in [2.24, 2.45) is 5.92 Å². The number of hydrogen-bond acceptors (Lipinski definition) is 2. The smallest absolute Gasteiger partial charge is 0.308 e. The highest BCUT2D eigenvalue weighted by Gasteiger charge is 2.28. The molecule has 30 heavy (non-hydrogen) atoms. The van der Waals surface area contributed by atoms with Gasteiger partial charge < -0.3 is 4.74 Å². The summed E-state index contributed by atoms with van der Waals surface area (Å²) in [5.41, 5.74) is 2.51. The highest BCUT2D eigenvalue weighted by Crippen LogP contribution is 2.35. The minimum Gasteiger partial charge on any atom is -0.465 e. The summed E-state index contributed by atoms with van der Waals surface area (Å²) in [6, 6.07) is 20.9. The van der Waals surface area contributed by atoms with E-state index in [1.807, 2.05) is 24.3 Å². The highest BCUT2D eigenvalue weighted by molar-refractivity contribution is 5.72. The first kappa shape index (κ1) is 23.7. The van der Waals surface area contributed by atoms with Gasteiger partial charge in [-0.05, 0) is 55.1 Å². The van der Waals surface area contributed by atoms with Crippen LogP contribution >= 0.6 is 0 Å². The molecule has 0 bridgehead atoms. The van der Waals surface area contributed by atoms with E-state index in [2.05, 4.69) is 68.6 Å². The summed E-state index contributed by atoms with van der Waals surface area (Å²) in [5.74, 6) is 0.288. The lowest BCUT2D eigenvalue weighted by atomic mass is 9.80. The zero-order valence-corrected chi connectivity index (χ0v) is 18.3. The van der Waals surface area contributed by atoms with E-state index < -0.39 is 0 Å². The van der Waals surface area contributed by atoms with Gasteiger partial charge in [-0.2, -0.15) is 0 Å². The average molecular weight is 405 g/mol. The van der Waals surface area contributed by atoms with Gasteiger partial charge in [-0.1, -0.05) is 86.2 Å². The highest BCUT2D eigenvalue weighted by atomic mass is 16.5. The lowest BCUT2D eigenvalue weighted by molar-refractivity contribution is -0.149. The Hall–Kier alpha value is -2.61. The molecule has 2 atom stereocenters. The number of benzene rings is 2. The van der Waals surface area contributed by atoms with E-state index in [4.69, 9.17) is 4.74 Å². The van der Waals surface area contributed by atoms with Crippen LogP contribution in [0.15, 0.2) is 86.0 Å². The van der Waals surface area contributed by atoms with Crippen molar-refractivity contribution in [2.45, 2.75) is 57.3 Å². The molecule has 160 valence electrons. The summed E-state index contributed by atoms with van der Waals surface area (Å²) >= 11 is 0. The maximum atomic E-state index is 13.1. The van der Waals surface area contributed by atoms with Gasteiger partial charge in [0.25, 0.3) is 0 Å². The minimum atomic E-state index is -0.155. The number of hydrogen-bond donors (Lipinski definition) is 0. The molecule has 0 N–H and O–H groups in total. The first-order valence-corrected chi connectivity index (χ1v) is 11.2. The zero-order valence-electron chi connectivity index (χ0n) is 18.3. The van der Waals surface area contributed by atoms with Crippen molar-refractivity contribution in [3.05, 3.63) is 97.1 Å². The Kier molecular flexibility index (Phi) is 10.7. The quantitative estimate of drug-likeness (QED) is 0.186. The van der Waals surface area contributed by atoms with E-state index in [0.29, 0.717) is 6.61 Å². The summed E-state index contributed by atoms with van der Waals surface area (Å²) in [4.78, 5) is 13.1. The lowest BCUT2D eigenvalue weighted by Crippen LogP contribution is -2.23. The number of rotatable bonds is 14. The molecule has 0 aliphatic carbocycles. The third-order valence-corrected chi connectivity index (χ3v) is 5.66. The van der Waals surface area contributed by atoms with Crippen LogP contribution in [0.3, 0.4) is 0 Å². The Bertz CT molecular complexity index is 695. The summed E-state index contributed by atoms with van der Waals surface area (Å²) in [6.07, 6.45) is 9.06. The van der Waals surface area contributed by atoms with Crippen molar-refractivity contribution < 1.29 is 9.53 Å². The van der Waals surface area contributed by atoms with E-state index in [1.165, 1.54) is 11.1 Å². The van der Waals surface area contributed by atoms with Gasteiger partial charge in [0.2, 0.25) is 0 Å². The summed E-state index contributed by atoms with van der Waals surface area (Å²) in [7, 11) is 0. The Morgan fingerprint density at radius 1 is 0.867 bits per heavy atom. The standard InChI is InChI=1S/C28H36O2/c1-4-7-20-30-28(29)27(21-25(14-5-2)23-16-10-8-11-17-23)22-26(15-6-3)24-18-12-9-13-19-24/h5-6,8-13,16-19,25-27H,2-4,7,14-15,20-22H2,1H3. The van der Waals surface area contributed by atoms with Crippen LogP contribution in [0.1, 0.15) is 68.4 Å². The molecule has 2 unspecified atom stereocenters. The number of carbonyl (C=O) groups is 1. The molecule has 2 heteroatoms. The van der Waals surface area contributed by atoms with Gasteiger partial charge in [0.15, 0.2) is 0 Å². The molecular weight excluding hydrogens is 368 g/mol. The molecule has 2 rings (SSSR count).